The van der Waals surface area contributed by atoms with Crippen LogP contribution in [0, 0.1) is 24.0 Å². The molecule has 2 N–H and O–H groups in total. The molecule has 1 amide bonds. The minimum Gasteiger partial charge on any atom is -0.376 e. The monoisotopic (exact) mass is 299 g/mol. The fourth-order valence-electron chi connectivity index (χ4n) is 2.03. The molecule has 22 heavy (non-hydrogen) atoms. The summed E-state index contributed by atoms with van der Waals surface area (Å²) >= 11 is 0. The molecule has 0 radical (unpaired) electrons. The molecule has 0 aliphatic heterocycles. The lowest BCUT2D eigenvalue weighted by Crippen LogP contribution is -2.22. The van der Waals surface area contributed by atoms with E-state index in [9.17, 15) is 14.9 Å². The van der Waals surface area contributed by atoms with Gasteiger partial charge in [-0.15, -0.1) is 0 Å². The number of anilines is 2. The number of carbonyl (C=O) groups is 1. The molecule has 0 bridgehead atoms. The summed E-state index contributed by atoms with van der Waals surface area (Å²) in [5, 5.41) is 16.6. The average molecular weight is 299 g/mol. The van der Waals surface area contributed by atoms with E-state index in [4.69, 9.17) is 0 Å². The van der Waals surface area contributed by atoms with Gasteiger partial charge in [0.15, 0.2) is 0 Å². The first-order valence-electron chi connectivity index (χ1n) is 6.82. The van der Waals surface area contributed by atoms with E-state index in [-0.39, 0.29) is 18.1 Å². The molecule has 0 atom stereocenters. The van der Waals surface area contributed by atoms with Crippen molar-refractivity contribution in [2.24, 2.45) is 0 Å². The molecule has 0 saturated carbocycles. The second-order valence-electron chi connectivity index (χ2n) is 4.97. The molecule has 0 unspecified atom stereocenters. The van der Waals surface area contributed by atoms with Gasteiger partial charge < -0.3 is 10.6 Å². The molecule has 0 fully saturated rings. The summed E-state index contributed by atoms with van der Waals surface area (Å²) < 4.78 is 0. The Morgan fingerprint density at radius 3 is 2.45 bits per heavy atom. The van der Waals surface area contributed by atoms with Crippen LogP contribution in [0.3, 0.4) is 0 Å². The highest BCUT2D eigenvalue weighted by Crippen LogP contribution is 2.24. The zero-order valence-corrected chi connectivity index (χ0v) is 12.4. The number of nitrogens with one attached hydrogen (secondary N) is 2. The van der Waals surface area contributed by atoms with Crippen LogP contribution in [0.1, 0.15) is 11.1 Å². The lowest BCUT2D eigenvalue weighted by Gasteiger charge is -2.10. The highest BCUT2D eigenvalue weighted by Gasteiger charge is 2.13. The van der Waals surface area contributed by atoms with Crippen molar-refractivity contribution in [3.8, 4) is 0 Å². The molecule has 0 aromatic heterocycles. The highest BCUT2D eigenvalue weighted by atomic mass is 16.6. The second kappa shape index (κ2) is 6.71. The molecule has 0 aliphatic rings. The number of nitro benzene ring substituents is 1. The number of nitro groups is 1. The second-order valence-corrected chi connectivity index (χ2v) is 4.97. The Balaban J connectivity index is 1.98. The first-order valence-corrected chi connectivity index (χ1v) is 6.82. The smallest absolute Gasteiger partial charge is 0.274 e. The molecule has 114 valence electrons. The predicted molar refractivity (Wildman–Crippen MR) is 86.1 cm³/mol. The van der Waals surface area contributed by atoms with Crippen molar-refractivity contribution < 1.29 is 9.72 Å². The molecular formula is C16H17N3O3. The van der Waals surface area contributed by atoms with Crippen molar-refractivity contribution in [3.63, 3.8) is 0 Å². The third kappa shape index (κ3) is 3.82. The Labute approximate surface area is 128 Å². The Morgan fingerprint density at radius 2 is 1.82 bits per heavy atom. The lowest BCUT2D eigenvalue weighted by molar-refractivity contribution is -0.385. The minimum absolute atomic E-state index is 0.0314. The number of carbonyl (C=O) groups excluding carboxylic acids is 1. The number of rotatable bonds is 5. The van der Waals surface area contributed by atoms with E-state index < -0.39 is 4.92 Å². The molecule has 0 aliphatic carbocycles. The summed E-state index contributed by atoms with van der Waals surface area (Å²) in [6.07, 6.45) is 0. The molecular weight excluding hydrogens is 282 g/mol. The van der Waals surface area contributed by atoms with E-state index in [1.54, 1.807) is 19.1 Å². The van der Waals surface area contributed by atoms with Crippen molar-refractivity contribution in [1.82, 2.24) is 0 Å². The molecule has 2 rings (SSSR count). The molecule has 2 aromatic carbocycles. The first-order chi connectivity index (χ1) is 10.5. The van der Waals surface area contributed by atoms with Gasteiger partial charge in [-0.1, -0.05) is 23.8 Å². The maximum atomic E-state index is 11.9. The molecule has 0 heterocycles. The fraction of sp³-hybridized carbons (Fsp3) is 0.188. The minimum atomic E-state index is -0.438. The maximum Gasteiger partial charge on any atom is 0.274 e. The highest BCUT2D eigenvalue weighted by molar-refractivity contribution is 5.93. The van der Waals surface area contributed by atoms with E-state index in [1.807, 2.05) is 31.2 Å². The van der Waals surface area contributed by atoms with Crippen molar-refractivity contribution in [2.75, 3.05) is 17.2 Å². The quantitative estimate of drug-likeness (QED) is 0.655. The molecule has 6 nitrogen and oxygen atoms in total. The van der Waals surface area contributed by atoms with E-state index in [2.05, 4.69) is 10.6 Å². The summed E-state index contributed by atoms with van der Waals surface area (Å²) in [5.41, 5.74) is 2.95. The molecule has 2 aromatic rings. The van der Waals surface area contributed by atoms with Crippen LogP contribution in [0.5, 0.6) is 0 Å². The predicted octanol–water partition coefficient (Wildman–Crippen LogP) is 3.26. The third-order valence-electron chi connectivity index (χ3n) is 3.28. The topological polar surface area (TPSA) is 84.3 Å². The van der Waals surface area contributed by atoms with Crippen LogP contribution in [-0.2, 0) is 4.79 Å². The van der Waals surface area contributed by atoms with E-state index >= 15 is 0 Å². The maximum absolute atomic E-state index is 11.9. The van der Waals surface area contributed by atoms with Crippen LogP contribution in [0.25, 0.3) is 0 Å². The normalized spacial score (nSPS) is 10.1. The van der Waals surface area contributed by atoms with Crippen LogP contribution in [0.4, 0.5) is 17.1 Å². The molecule has 0 spiro atoms. The fourth-order valence-corrected chi connectivity index (χ4v) is 2.03. The molecule has 0 saturated heterocycles. The lowest BCUT2D eigenvalue weighted by atomic mass is 10.1. The Morgan fingerprint density at radius 1 is 1.14 bits per heavy atom. The van der Waals surface area contributed by atoms with Crippen LogP contribution < -0.4 is 10.6 Å². The summed E-state index contributed by atoms with van der Waals surface area (Å²) in [6, 6.07) is 12.2. The summed E-state index contributed by atoms with van der Waals surface area (Å²) in [7, 11) is 0. The number of aryl methyl sites for hydroxylation is 1. The van der Waals surface area contributed by atoms with Gasteiger partial charge in [0.25, 0.3) is 5.69 Å². The van der Waals surface area contributed by atoms with E-state index in [1.165, 1.54) is 6.07 Å². The largest absolute Gasteiger partial charge is 0.376 e. The zero-order chi connectivity index (χ0) is 16.1. The zero-order valence-electron chi connectivity index (χ0n) is 12.4. The van der Waals surface area contributed by atoms with Crippen LogP contribution >= 0.6 is 0 Å². The van der Waals surface area contributed by atoms with E-state index in [0.29, 0.717) is 16.9 Å². The number of benzene rings is 2. The third-order valence-corrected chi connectivity index (χ3v) is 3.28. The Bertz CT molecular complexity index is 696. The first kappa shape index (κ1) is 15.5. The number of nitrogens with zero attached hydrogens (tertiary/aromatic N) is 1. The summed E-state index contributed by atoms with van der Waals surface area (Å²) in [6.45, 7) is 3.66. The number of amides is 1. The van der Waals surface area contributed by atoms with Crippen molar-refractivity contribution in [2.45, 2.75) is 13.8 Å². The van der Waals surface area contributed by atoms with Crippen LogP contribution in [0.15, 0.2) is 42.5 Å². The summed E-state index contributed by atoms with van der Waals surface area (Å²) in [5.74, 6) is -0.213. The van der Waals surface area contributed by atoms with Crippen molar-refractivity contribution in [1.29, 1.82) is 0 Å². The van der Waals surface area contributed by atoms with Gasteiger partial charge in [0.2, 0.25) is 5.91 Å². The Kier molecular flexibility index (Phi) is 4.73. The van der Waals surface area contributed by atoms with Gasteiger partial charge in [-0.2, -0.15) is 0 Å². The van der Waals surface area contributed by atoms with Gasteiger partial charge in [0.05, 0.1) is 11.5 Å². The van der Waals surface area contributed by atoms with Gasteiger partial charge in [0, 0.05) is 23.0 Å². The van der Waals surface area contributed by atoms with E-state index in [0.717, 1.165) is 5.56 Å². The SMILES string of the molecule is Cc1ccc(NC(=O)CNc2cccc([N+](=O)[O-])c2C)cc1. The number of hydrogen-bond acceptors (Lipinski definition) is 4. The molecule has 6 heteroatoms. The van der Waals surface area contributed by atoms with Gasteiger partial charge in [0.1, 0.15) is 0 Å². The summed E-state index contributed by atoms with van der Waals surface area (Å²) in [4.78, 5) is 22.3. The van der Waals surface area contributed by atoms with Gasteiger partial charge in [-0.25, -0.2) is 0 Å². The van der Waals surface area contributed by atoms with Crippen LogP contribution in [-0.4, -0.2) is 17.4 Å². The number of hydrogen-bond donors (Lipinski definition) is 2. The van der Waals surface area contributed by atoms with Crippen molar-refractivity contribution in [3.05, 3.63) is 63.7 Å². The van der Waals surface area contributed by atoms with Crippen LogP contribution in [0.2, 0.25) is 0 Å². The van der Waals surface area contributed by atoms with Gasteiger partial charge >= 0.3 is 0 Å². The average Bonchev–Trinajstić information content (AvgIpc) is 2.48. The van der Waals surface area contributed by atoms with Gasteiger partial charge in [-0.05, 0) is 32.0 Å². The van der Waals surface area contributed by atoms with Gasteiger partial charge in [-0.3, -0.25) is 14.9 Å². The van der Waals surface area contributed by atoms with Crippen molar-refractivity contribution >= 4 is 23.0 Å². The standard InChI is InChI=1S/C16H17N3O3/c1-11-6-8-13(9-7-11)18-16(20)10-17-14-4-3-5-15(12(14)2)19(21)22/h3-9,17H,10H2,1-2H3,(H,18,20). The Hall–Kier alpha value is -2.89.